The lowest BCUT2D eigenvalue weighted by Crippen LogP contribution is -2.31. The Hall–Kier alpha value is -0.960. The molecule has 0 aliphatic carbocycles. The average molecular weight is 278 g/mol. The number of hydrogen-bond donors (Lipinski definition) is 2. The largest absolute Gasteiger partial charge is 0.387 e. The van der Waals surface area contributed by atoms with E-state index < -0.39 is 0 Å². The molecule has 0 saturated heterocycles. The van der Waals surface area contributed by atoms with E-state index in [1.807, 2.05) is 25.6 Å². The van der Waals surface area contributed by atoms with Crippen molar-refractivity contribution in [3.63, 3.8) is 0 Å². The average Bonchev–Trinajstić information content (AvgIpc) is 2.28. The van der Waals surface area contributed by atoms with Crippen LogP contribution in [0.2, 0.25) is 0 Å². The van der Waals surface area contributed by atoms with Gasteiger partial charge in [-0.3, -0.25) is 5.41 Å². The van der Waals surface area contributed by atoms with Crippen LogP contribution in [0.5, 0.6) is 0 Å². The molecule has 0 aliphatic heterocycles. The molecule has 0 fully saturated rings. The topological polar surface area (TPSA) is 49.9 Å². The molecule has 2 nitrogen and oxygen atoms in total. The van der Waals surface area contributed by atoms with Crippen molar-refractivity contribution in [2.45, 2.75) is 51.3 Å². The SMILES string of the molecule is CC(C)(CCSc1ccc(C(C)(C)C)cc1)C(=N)N. The van der Waals surface area contributed by atoms with Gasteiger partial charge in [0, 0.05) is 10.3 Å². The second-order valence-corrected chi connectivity index (χ2v) is 7.84. The second-order valence-electron chi connectivity index (χ2n) is 6.67. The Morgan fingerprint density at radius 2 is 1.63 bits per heavy atom. The maximum Gasteiger partial charge on any atom is 0.0963 e. The van der Waals surface area contributed by atoms with E-state index in [1.165, 1.54) is 10.5 Å². The molecule has 0 amide bonds. The molecule has 0 radical (unpaired) electrons. The first-order valence-electron chi connectivity index (χ1n) is 6.71. The molecule has 3 N–H and O–H groups in total. The van der Waals surface area contributed by atoms with E-state index in [4.69, 9.17) is 11.1 Å². The van der Waals surface area contributed by atoms with Gasteiger partial charge in [-0.05, 0) is 35.3 Å². The number of benzene rings is 1. The lowest BCUT2D eigenvalue weighted by Gasteiger charge is -2.22. The van der Waals surface area contributed by atoms with Gasteiger partial charge in [-0.15, -0.1) is 11.8 Å². The molecule has 1 aromatic rings. The van der Waals surface area contributed by atoms with Crippen molar-refractivity contribution in [2.75, 3.05) is 5.75 Å². The van der Waals surface area contributed by atoms with Crippen LogP contribution in [0.25, 0.3) is 0 Å². The smallest absolute Gasteiger partial charge is 0.0963 e. The van der Waals surface area contributed by atoms with Crippen molar-refractivity contribution in [2.24, 2.45) is 11.1 Å². The van der Waals surface area contributed by atoms with Crippen LogP contribution in [-0.4, -0.2) is 11.6 Å². The molecule has 0 spiro atoms. The van der Waals surface area contributed by atoms with E-state index in [0.29, 0.717) is 0 Å². The van der Waals surface area contributed by atoms with Crippen molar-refractivity contribution in [3.8, 4) is 0 Å². The van der Waals surface area contributed by atoms with Crippen LogP contribution >= 0.6 is 11.8 Å². The molecule has 0 atom stereocenters. The molecule has 106 valence electrons. The van der Waals surface area contributed by atoms with Gasteiger partial charge in [0.25, 0.3) is 0 Å². The summed E-state index contributed by atoms with van der Waals surface area (Å²) in [6.07, 6.45) is 0.925. The third-order valence-electron chi connectivity index (χ3n) is 3.45. The highest BCUT2D eigenvalue weighted by Gasteiger charge is 2.21. The van der Waals surface area contributed by atoms with Crippen LogP contribution < -0.4 is 5.73 Å². The standard InChI is InChI=1S/C16H26N2S/c1-15(2,3)12-6-8-13(9-7-12)19-11-10-16(4,5)14(17)18/h6-9H,10-11H2,1-5H3,(H3,17,18). The van der Waals surface area contributed by atoms with Crippen LogP contribution in [0, 0.1) is 10.8 Å². The predicted molar refractivity (Wildman–Crippen MR) is 86.2 cm³/mol. The molecule has 0 aliphatic rings. The van der Waals surface area contributed by atoms with Crippen molar-refractivity contribution < 1.29 is 0 Å². The number of rotatable bonds is 5. The van der Waals surface area contributed by atoms with Crippen LogP contribution in [0.1, 0.15) is 46.6 Å². The maximum atomic E-state index is 7.55. The fourth-order valence-electron chi connectivity index (χ4n) is 1.61. The van der Waals surface area contributed by atoms with Crippen molar-refractivity contribution in [1.29, 1.82) is 5.41 Å². The Bertz CT molecular complexity index is 427. The van der Waals surface area contributed by atoms with E-state index in [0.717, 1.165) is 12.2 Å². The molecular formula is C16H26N2S. The quantitative estimate of drug-likeness (QED) is 0.475. The van der Waals surface area contributed by atoms with Gasteiger partial charge in [0.1, 0.15) is 0 Å². The Kier molecular flexibility index (Phi) is 5.08. The van der Waals surface area contributed by atoms with E-state index in [2.05, 4.69) is 45.0 Å². The predicted octanol–water partition coefficient (Wildman–Crippen LogP) is 4.43. The molecule has 1 aromatic carbocycles. The number of nitrogens with two attached hydrogens (primary N) is 1. The van der Waals surface area contributed by atoms with Crippen LogP contribution in [-0.2, 0) is 5.41 Å². The number of amidine groups is 1. The maximum absolute atomic E-state index is 7.55. The summed E-state index contributed by atoms with van der Waals surface area (Å²) in [5, 5.41) is 7.55. The van der Waals surface area contributed by atoms with E-state index in [-0.39, 0.29) is 16.7 Å². The van der Waals surface area contributed by atoms with Crippen LogP contribution in [0.3, 0.4) is 0 Å². The van der Waals surface area contributed by atoms with Gasteiger partial charge in [-0.25, -0.2) is 0 Å². The first-order chi connectivity index (χ1) is 8.63. The molecule has 1 rings (SSSR count). The molecule has 3 heteroatoms. The van der Waals surface area contributed by atoms with Crippen molar-refractivity contribution in [1.82, 2.24) is 0 Å². The summed E-state index contributed by atoms with van der Waals surface area (Å²) in [6, 6.07) is 8.79. The zero-order chi connectivity index (χ0) is 14.7. The number of thioether (sulfide) groups is 1. The van der Waals surface area contributed by atoms with Crippen LogP contribution in [0.4, 0.5) is 0 Å². The highest BCUT2D eigenvalue weighted by molar-refractivity contribution is 7.99. The monoisotopic (exact) mass is 278 g/mol. The highest BCUT2D eigenvalue weighted by atomic mass is 32.2. The normalized spacial score (nSPS) is 12.5. The molecule has 0 unspecified atom stereocenters. The lowest BCUT2D eigenvalue weighted by molar-refractivity contribution is 0.500. The van der Waals surface area contributed by atoms with E-state index in [9.17, 15) is 0 Å². The lowest BCUT2D eigenvalue weighted by atomic mass is 9.87. The Balaban J connectivity index is 2.54. The third-order valence-corrected chi connectivity index (χ3v) is 4.46. The summed E-state index contributed by atoms with van der Waals surface area (Å²) in [5.74, 6) is 1.26. The van der Waals surface area contributed by atoms with Gasteiger partial charge in [-0.1, -0.05) is 46.8 Å². The zero-order valence-corrected chi connectivity index (χ0v) is 13.5. The second kappa shape index (κ2) is 6.00. The Labute approximate surface area is 121 Å². The zero-order valence-electron chi connectivity index (χ0n) is 12.7. The summed E-state index contributed by atoms with van der Waals surface area (Å²) in [5.41, 5.74) is 6.97. The van der Waals surface area contributed by atoms with Gasteiger partial charge in [0.15, 0.2) is 0 Å². The molecular weight excluding hydrogens is 252 g/mol. The van der Waals surface area contributed by atoms with Gasteiger partial charge in [-0.2, -0.15) is 0 Å². The summed E-state index contributed by atoms with van der Waals surface area (Å²) >= 11 is 1.83. The van der Waals surface area contributed by atoms with Gasteiger partial charge < -0.3 is 5.73 Å². The van der Waals surface area contributed by atoms with Crippen molar-refractivity contribution in [3.05, 3.63) is 29.8 Å². The molecule has 0 bridgehead atoms. The van der Waals surface area contributed by atoms with E-state index in [1.54, 1.807) is 0 Å². The van der Waals surface area contributed by atoms with Gasteiger partial charge >= 0.3 is 0 Å². The number of nitrogens with one attached hydrogen (secondary N) is 1. The first-order valence-corrected chi connectivity index (χ1v) is 7.69. The molecule has 0 saturated carbocycles. The van der Waals surface area contributed by atoms with Gasteiger partial charge in [0.2, 0.25) is 0 Å². The number of hydrogen-bond acceptors (Lipinski definition) is 2. The fraction of sp³-hybridized carbons (Fsp3) is 0.562. The summed E-state index contributed by atoms with van der Waals surface area (Å²) < 4.78 is 0. The Morgan fingerprint density at radius 3 is 2.05 bits per heavy atom. The first kappa shape index (κ1) is 16.1. The van der Waals surface area contributed by atoms with Crippen molar-refractivity contribution >= 4 is 17.6 Å². The summed E-state index contributed by atoms with van der Waals surface area (Å²) in [4.78, 5) is 1.28. The molecule has 0 heterocycles. The minimum Gasteiger partial charge on any atom is -0.387 e. The van der Waals surface area contributed by atoms with Crippen LogP contribution in [0.15, 0.2) is 29.2 Å². The third kappa shape index (κ3) is 4.90. The highest BCUT2D eigenvalue weighted by Crippen LogP contribution is 2.28. The molecule has 0 aromatic heterocycles. The minimum atomic E-state index is -0.196. The summed E-state index contributed by atoms with van der Waals surface area (Å²) in [7, 11) is 0. The minimum absolute atomic E-state index is 0.196. The van der Waals surface area contributed by atoms with E-state index >= 15 is 0 Å². The molecule has 19 heavy (non-hydrogen) atoms. The fourth-order valence-corrected chi connectivity index (χ4v) is 2.79. The summed E-state index contributed by atoms with van der Waals surface area (Å²) in [6.45, 7) is 10.7. The van der Waals surface area contributed by atoms with Gasteiger partial charge in [0.05, 0.1) is 5.84 Å². The Morgan fingerprint density at radius 1 is 1.11 bits per heavy atom.